The average Bonchev–Trinajstić information content (AvgIpc) is 2.88. The summed E-state index contributed by atoms with van der Waals surface area (Å²) in [7, 11) is -7.81. The highest BCUT2D eigenvalue weighted by molar-refractivity contribution is 7.86. The molecule has 0 atom stereocenters. The molecule has 0 amide bonds. The first-order chi connectivity index (χ1) is 12.4. The smallest absolute Gasteiger partial charge is 0.299 e. The summed E-state index contributed by atoms with van der Waals surface area (Å²) in [5, 5.41) is 19.6. The van der Waals surface area contributed by atoms with Gasteiger partial charge in [-0.25, -0.2) is 0 Å². The topological polar surface area (TPSA) is 168 Å². The average molecular weight is 436 g/mol. The van der Waals surface area contributed by atoms with Crippen molar-refractivity contribution in [2.24, 2.45) is 0 Å². The third kappa shape index (κ3) is 2.93. The maximum atomic E-state index is 11.9. The SMILES string of the molecule is COc1cc2sc3cc(OC)c(O)c(S(=O)(=O)O)c3c2c(S(=O)(=O)O)c1O. The molecule has 0 aliphatic carbocycles. The molecule has 3 aromatic rings. The van der Waals surface area contributed by atoms with Crippen LogP contribution in [0.1, 0.15) is 0 Å². The van der Waals surface area contributed by atoms with E-state index in [-0.39, 0.29) is 20.9 Å². The van der Waals surface area contributed by atoms with E-state index in [2.05, 4.69) is 0 Å². The van der Waals surface area contributed by atoms with Crippen LogP contribution in [0.15, 0.2) is 21.9 Å². The summed E-state index contributed by atoms with van der Waals surface area (Å²) >= 11 is 0.865. The normalized spacial score (nSPS) is 12.6. The Hall–Kier alpha value is -2.32. The predicted molar refractivity (Wildman–Crippen MR) is 95.4 cm³/mol. The van der Waals surface area contributed by atoms with Gasteiger partial charge in [0, 0.05) is 32.3 Å². The van der Waals surface area contributed by atoms with Crippen LogP contribution in [0, 0.1) is 0 Å². The molecule has 27 heavy (non-hydrogen) atoms. The number of hydrogen-bond acceptors (Lipinski definition) is 9. The highest BCUT2D eigenvalue weighted by atomic mass is 32.2. The number of benzene rings is 2. The van der Waals surface area contributed by atoms with Crippen LogP contribution in [0.3, 0.4) is 0 Å². The van der Waals surface area contributed by atoms with Gasteiger partial charge in [-0.1, -0.05) is 0 Å². The molecule has 0 bridgehead atoms. The summed E-state index contributed by atoms with van der Waals surface area (Å²) in [6.45, 7) is 0. The number of rotatable bonds is 4. The van der Waals surface area contributed by atoms with Gasteiger partial charge in [0.2, 0.25) is 0 Å². The summed E-state index contributed by atoms with van der Waals surface area (Å²) in [6, 6.07) is 2.45. The summed E-state index contributed by atoms with van der Waals surface area (Å²) in [4.78, 5) is -2.03. The molecule has 1 heterocycles. The Labute approximate surface area is 156 Å². The monoisotopic (exact) mass is 436 g/mol. The summed E-state index contributed by atoms with van der Waals surface area (Å²) < 4.78 is 76.7. The predicted octanol–water partition coefficient (Wildman–Crippen LogP) is 1.98. The molecule has 1 aromatic heterocycles. The fourth-order valence-corrected chi connectivity index (χ4v) is 5.71. The molecule has 3 rings (SSSR count). The van der Waals surface area contributed by atoms with E-state index in [1.54, 1.807) is 0 Å². The molecule has 13 heteroatoms. The minimum absolute atomic E-state index is 0.102. The van der Waals surface area contributed by atoms with E-state index >= 15 is 0 Å². The van der Waals surface area contributed by atoms with Gasteiger partial charge in [-0.15, -0.1) is 11.3 Å². The third-order valence-electron chi connectivity index (χ3n) is 3.79. The molecule has 0 saturated heterocycles. The Bertz CT molecular complexity index is 1200. The van der Waals surface area contributed by atoms with E-state index in [1.165, 1.54) is 12.1 Å². The minimum Gasteiger partial charge on any atom is -0.503 e. The van der Waals surface area contributed by atoms with Crippen molar-refractivity contribution in [1.82, 2.24) is 0 Å². The molecular weight excluding hydrogens is 424 g/mol. The van der Waals surface area contributed by atoms with Crippen LogP contribution in [0.4, 0.5) is 0 Å². The Morgan fingerprint density at radius 1 is 0.778 bits per heavy atom. The van der Waals surface area contributed by atoms with E-state index in [1.807, 2.05) is 0 Å². The Kier molecular flexibility index (Phi) is 4.39. The fourth-order valence-electron chi connectivity index (χ4n) is 2.77. The number of aromatic hydroxyl groups is 2. The van der Waals surface area contributed by atoms with Gasteiger partial charge in [-0.3, -0.25) is 9.11 Å². The van der Waals surface area contributed by atoms with Gasteiger partial charge in [-0.05, 0) is 0 Å². The van der Waals surface area contributed by atoms with Crippen molar-refractivity contribution < 1.29 is 45.6 Å². The zero-order valence-corrected chi connectivity index (χ0v) is 16.1. The van der Waals surface area contributed by atoms with Crippen molar-refractivity contribution in [3.05, 3.63) is 12.1 Å². The van der Waals surface area contributed by atoms with Crippen LogP contribution in [-0.4, -0.2) is 50.4 Å². The number of phenols is 2. The molecule has 0 spiro atoms. The molecule has 0 aliphatic heterocycles. The fraction of sp³-hybridized carbons (Fsp3) is 0.143. The lowest BCUT2D eigenvalue weighted by Gasteiger charge is -2.11. The lowest BCUT2D eigenvalue weighted by atomic mass is 10.1. The second-order valence-electron chi connectivity index (χ2n) is 5.31. The van der Waals surface area contributed by atoms with Crippen LogP contribution < -0.4 is 9.47 Å². The van der Waals surface area contributed by atoms with E-state index in [4.69, 9.17) is 9.47 Å². The van der Waals surface area contributed by atoms with Crippen LogP contribution in [0.25, 0.3) is 20.2 Å². The third-order valence-corrected chi connectivity index (χ3v) is 6.70. The molecule has 0 aliphatic rings. The van der Waals surface area contributed by atoms with Crippen molar-refractivity contribution in [3.63, 3.8) is 0 Å². The van der Waals surface area contributed by atoms with Gasteiger partial charge >= 0.3 is 0 Å². The zero-order chi connectivity index (χ0) is 20.3. The number of methoxy groups -OCH3 is 2. The Balaban J connectivity index is 2.77. The first kappa shape index (κ1) is 19.4. The first-order valence-electron chi connectivity index (χ1n) is 6.92. The van der Waals surface area contributed by atoms with Crippen LogP contribution in [0.5, 0.6) is 23.0 Å². The summed E-state index contributed by atoms with van der Waals surface area (Å²) in [5.74, 6) is -2.48. The summed E-state index contributed by atoms with van der Waals surface area (Å²) in [5.41, 5.74) is 0. The van der Waals surface area contributed by atoms with Gasteiger partial charge in [0.1, 0.15) is 9.79 Å². The van der Waals surface area contributed by atoms with Gasteiger partial charge in [0.25, 0.3) is 20.2 Å². The molecule has 0 fully saturated rings. The maximum Gasteiger partial charge on any atom is 0.299 e. The second kappa shape index (κ2) is 6.10. The first-order valence-corrected chi connectivity index (χ1v) is 10.6. The second-order valence-corrected chi connectivity index (χ2v) is 9.11. The van der Waals surface area contributed by atoms with E-state index in [9.17, 15) is 36.2 Å². The van der Waals surface area contributed by atoms with Crippen molar-refractivity contribution in [1.29, 1.82) is 0 Å². The van der Waals surface area contributed by atoms with Crippen molar-refractivity contribution in [2.45, 2.75) is 9.79 Å². The molecule has 146 valence electrons. The summed E-state index contributed by atoms with van der Waals surface area (Å²) in [6.07, 6.45) is 0. The number of thiophene rings is 1. The molecule has 10 nitrogen and oxygen atoms in total. The van der Waals surface area contributed by atoms with Crippen LogP contribution >= 0.6 is 11.3 Å². The molecular formula is C14H12O10S3. The maximum absolute atomic E-state index is 11.9. The highest BCUT2D eigenvalue weighted by Gasteiger charge is 2.32. The zero-order valence-electron chi connectivity index (χ0n) is 13.6. The largest absolute Gasteiger partial charge is 0.503 e. The van der Waals surface area contributed by atoms with Gasteiger partial charge in [0.05, 0.1) is 14.2 Å². The molecule has 2 aromatic carbocycles. The lowest BCUT2D eigenvalue weighted by Crippen LogP contribution is -2.03. The van der Waals surface area contributed by atoms with E-state index in [0.29, 0.717) is 0 Å². The van der Waals surface area contributed by atoms with Crippen molar-refractivity contribution in [3.8, 4) is 23.0 Å². The lowest BCUT2D eigenvalue weighted by molar-refractivity contribution is 0.365. The molecule has 0 radical (unpaired) electrons. The number of ether oxygens (including phenoxy) is 2. The van der Waals surface area contributed by atoms with E-state index in [0.717, 1.165) is 25.6 Å². The van der Waals surface area contributed by atoms with E-state index < -0.39 is 52.3 Å². The molecule has 4 N–H and O–H groups in total. The quantitative estimate of drug-likeness (QED) is 0.444. The van der Waals surface area contributed by atoms with Gasteiger partial charge in [0.15, 0.2) is 23.0 Å². The standard InChI is InChI=1S/C14H12O10S3/c1-23-5-3-7-9(13(11(5)15)26(17,18)19)10-8(25-7)4-6(24-2)12(16)14(10)27(20,21)22/h3-4,15-16H,1-2H3,(H,17,18,19)(H,20,21,22). The number of hydrogen-bond donors (Lipinski definition) is 4. The van der Waals surface area contributed by atoms with Crippen molar-refractivity contribution >= 4 is 51.7 Å². The van der Waals surface area contributed by atoms with Gasteiger partial charge < -0.3 is 19.7 Å². The Morgan fingerprint density at radius 3 is 1.37 bits per heavy atom. The van der Waals surface area contributed by atoms with Crippen LogP contribution in [-0.2, 0) is 20.2 Å². The highest BCUT2D eigenvalue weighted by Crippen LogP contribution is 2.51. The number of phenolic OH excluding ortho intramolecular Hbond substituents is 2. The van der Waals surface area contributed by atoms with Crippen molar-refractivity contribution in [2.75, 3.05) is 14.2 Å². The molecule has 0 saturated carbocycles. The minimum atomic E-state index is -5.06. The van der Waals surface area contributed by atoms with Gasteiger partial charge in [-0.2, -0.15) is 16.8 Å². The van der Waals surface area contributed by atoms with Crippen LogP contribution in [0.2, 0.25) is 0 Å². The number of fused-ring (bicyclic) bond motifs is 3. The Morgan fingerprint density at radius 2 is 1.11 bits per heavy atom. The molecule has 0 unspecified atom stereocenters.